The molecular formula is C19H22ClN3S2. The minimum Gasteiger partial charge on any atom is -0.302 e. The molecule has 0 fully saturated rings. The van der Waals surface area contributed by atoms with Gasteiger partial charge in [0.2, 0.25) is 0 Å². The fourth-order valence-electron chi connectivity index (χ4n) is 2.56. The molecule has 25 heavy (non-hydrogen) atoms. The van der Waals surface area contributed by atoms with Gasteiger partial charge < -0.3 is 4.57 Å². The third-order valence-corrected chi connectivity index (χ3v) is 6.54. The van der Waals surface area contributed by atoms with Gasteiger partial charge in [0.1, 0.15) is 0 Å². The number of rotatable bonds is 7. The van der Waals surface area contributed by atoms with E-state index >= 15 is 0 Å². The molecule has 0 unspecified atom stereocenters. The Morgan fingerprint density at radius 1 is 1.24 bits per heavy atom. The van der Waals surface area contributed by atoms with Gasteiger partial charge >= 0.3 is 0 Å². The number of hydrogen-bond acceptors (Lipinski definition) is 4. The number of thioether (sulfide) groups is 1. The van der Waals surface area contributed by atoms with E-state index in [1.54, 1.807) is 23.1 Å². The first kappa shape index (κ1) is 18.5. The molecule has 0 atom stereocenters. The van der Waals surface area contributed by atoms with Crippen LogP contribution < -0.4 is 0 Å². The van der Waals surface area contributed by atoms with E-state index in [2.05, 4.69) is 53.0 Å². The van der Waals surface area contributed by atoms with Crippen LogP contribution in [0.5, 0.6) is 0 Å². The Bertz CT molecular complexity index is 839. The molecule has 3 nitrogen and oxygen atoms in total. The largest absolute Gasteiger partial charge is 0.302 e. The quantitative estimate of drug-likeness (QED) is 0.431. The molecule has 0 radical (unpaired) electrons. The van der Waals surface area contributed by atoms with Crippen molar-refractivity contribution in [3.63, 3.8) is 0 Å². The van der Waals surface area contributed by atoms with Crippen molar-refractivity contribution in [3.8, 4) is 11.4 Å². The highest BCUT2D eigenvalue weighted by Gasteiger charge is 2.16. The topological polar surface area (TPSA) is 30.7 Å². The Kier molecular flexibility index (Phi) is 6.20. The summed E-state index contributed by atoms with van der Waals surface area (Å²) in [5, 5.41) is 12.9. The van der Waals surface area contributed by atoms with Gasteiger partial charge in [-0.05, 0) is 30.0 Å². The molecule has 2 heterocycles. The lowest BCUT2D eigenvalue weighted by molar-refractivity contribution is 0.626. The van der Waals surface area contributed by atoms with Crippen LogP contribution in [0.15, 0.2) is 40.9 Å². The summed E-state index contributed by atoms with van der Waals surface area (Å²) in [7, 11) is 0. The summed E-state index contributed by atoms with van der Waals surface area (Å²) in [4.78, 5) is 1.38. The van der Waals surface area contributed by atoms with Crippen LogP contribution in [0, 0.1) is 0 Å². The highest BCUT2D eigenvalue weighted by atomic mass is 35.5. The molecule has 6 heteroatoms. The molecule has 0 aliphatic heterocycles. The minimum atomic E-state index is 0.537. The standard InChI is InChI=1S/C19H22ClN3S2/c1-4-9-23-18(15-10-17(13(2)3)24-12-15)21-22-19(23)25-11-14-7-5-6-8-16(14)20/h5-8,10,12-13H,4,9,11H2,1-3H3. The molecular weight excluding hydrogens is 370 g/mol. The summed E-state index contributed by atoms with van der Waals surface area (Å²) >= 11 is 9.76. The van der Waals surface area contributed by atoms with Crippen LogP contribution in [-0.2, 0) is 12.3 Å². The van der Waals surface area contributed by atoms with Crippen LogP contribution in [0.1, 0.15) is 43.6 Å². The zero-order valence-corrected chi connectivity index (χ0v) is 17.1. The molecule has 0 saturated heterocycles. The summed E-state index contributed by atoms with van der Waals surface area (Å²) in [6.45, 7) is 7.54. The van der Waals surface area contributed by atoms with E-state index < -0.39 is 0 Å². The van der Waals surface area contributed by atoms with E-state index in [1.165, 1.54) is 10.4 Å². The van der Waals surface area contributed by atoms with Crippen molar-refractivity contribution < 1.29 is 0 Å². The fourth-order valence-corrected chi connectivity index (χ4v) is 4.72. The maximum Gasteiger partial charge on any atom is 0.191 e. The molecule has 3 aromatic rings. The van der Waals surface area contributed by atoms with E-state index in [0.29, 0.717) is 5.92 Å². The predicted octanol–water partition coefficient (Wildman–Crippen LogP) is 6.49. The van der Waals surface area contributed by atoms with E-state index in [1.807, 2.05) is 18.2 Å². The monoisotopic (exact) mass is 391 g/mol. The Labute approximate surface area is 162 Å². The van der Waals surface area contributed by atoms with Crippen LogP contribution in [0.2, 0.25) is 5.02 Å². The number of nitrogens with zero attached hydrogens (tertiary/aromatic N) is 3. The predicted molar refractivity (Wildman–Crippen MR) is 109 cm³/mol. The van der Waals surface area contributed by atoms with Crippen molar-refractivity contribution in [2.45, 2.75) is 50.6 Å². The average Bonchev–Trinajstić information content (AvgIpc) is 3.22. The number of halogens is 1. The third kappa shape index (κ3) is 4.27. The lowest BCUT2D eigenvalue weighted by Crippen LogP contribution is -2.01. The maximum atomic E-state index is 6.27. The van der Waals surface area contributed by atoms with Crippen molar-refractivity contribution in [1.29, 1.82) is 0 Å². The highest BCUT2D eigenvalue weighted by Crippen LogP contribution is 2.32. The SMILES string of the molecule is CCCn1c(SCc2ccccc2Cl)nnc1-c1csc(C(C)C)c1. The summed E-state index contributed by atoms with van der Waals surface area (Å²) in [5.74, 6) is 2.30. The molecule has 2 aromatic heterocycles. The zero-order chi connectivity index (χ0) is 17.8. The Balaban J connectivity index is 1.85. The maximum absolute atomic E-state index is 6.27. The normalized spacial score (nSPS) is 11.4. The number of benzene rings is 1. The van der Waals surface area contributed by atoms with E-state index in [0.717, 1.165) is 40.3 Å². The molecule has 3 rings (SSSR count). The third-order valence-electron chi connectivity index (χ3n) is 3.93. The van der Waals surface area contributed by atoms with Gasteiger partial charge in [0.15, 0.2) is 11.0 Å². The number of hydrogen-bond donors (Lipinski definition) is 0. The zero-order valence-electron chi connectivity index (χ0n) is 14.7. The first-order valence-electron chi connectivity index (χ1n) is 8.48. The second-order valence-electron chi connectivity index (χ2n) is 6.23. The first-order chi connectivity index (χ1) is 12.1. The Morgan fingerprint density at radius 3 is 2.72 bits per heavy atom. The van der Waals surface area contributed by atoms with E-state index in [9.17, 15) is 0 Å². The summed E-state index contributed by atoms with van der Waals surface area (Å²) in [6.07, 6.45) is 1.05. The van der Waals surface area contributed by atoms with Gasteiger partial charge in [0.25, 0.3) is 0 Å². The molecule has 0 bridgehead atoms. The highest BCUT2D eigenvalue weighted by molar-refractivity contribution is 7.98. The number of thiophene rings is 1. The summed E-state index contributed by atoms with van der Waals surface area (Å²) < 4.78 is 2.23. The molecule has 0 spiro atoms. The van der Waals surface area contributed by atoms with Gasteiger partial charge in [-0.2, -0.15) is 0 Å². The summed E-state index contributed by atoms with van der Waals surface area (Å²) in [6, 6.07) is 10.2. The van der Waals surface area contributed by atoms with Crippen LogP contribution in [0.3, 0.4) is 0 Å². The van der Waals surface area contributed by atoms with Crippen LogP contribution in [0.25, 0.3) is 11.4 Å². The van der Waals surface area contributed by atoms with Crippen molar-refractivity contribution in [2.24, 2.45) is 0 Å². The fraction of sp³-hybridized carbons (Fsp3) is 0.368. The Hall–Kier alpha value is -1.30. The van der Waals surface area contributed by atoms with Crippen LogP contribution >= 0.6 is 34.7 Å². The average molecular weight is 392 g/mol. The van der Waals surface area contributed by atoms with Crippen molar-refractivity contribution in [3.05, 3.63) is 51.2 Å². The van der Waals surface area contributed by atoms with E-state index in [-0.39, 0.29) is 0 Å². The van der Waals surface area contributed by atoms with Gasteiger partial charge in [-0.1, -0.05) is 62.3 Å². The van der Waals surface area contributed by atoms with Crippen LogP contribution in [0.4, 0.5) is 0 Å². The van der Waals surface area contributed by atoms with Gasteiger partial charge in [0, 0.05) is 33.1 Å². The first-order valence-corrected chi connectivity index (χ1v) is 10.7. The number of aromatic nitrogens is 3. The molecule has 0 N–H and O–H groups in total. The van der Waals surface area contributed by atoms with Gasteiger partial charge in [-0.3, -0.25) is 0 Å². The smallest absolute Gasteiger partial charge is 0.191 e. The minimum absolute atomic E-state index is 0.537. The lowest BCUT2D eigenvalue weighted by Gasteiger charge is -2.08. The second-order valence-corrected chi connectivity index (χ2v) is 8.52. The second kappa shape index (κ2) is 8.39. The molecule has 0 saturated carbocycles. The molecule has 132 valence electrons. The van der Waals surface area contributed by atoms with Gasteiger partial charge in [-0.25, -0.2) is 0 Å². The van der Waals surface area contributed by atoms with Crippen molar-refractivity contribution in [2.75, 3.05) is 0 Å². The van der Waals surface area contributed by atoms with Gasteiger partial charge in [0.05, 0.1) is 0 Å². The Morgan fingerprint density at radius 2 is 2.04 bits per heavy atom. The molecule has 0 aliphatic rings. The van der Waals surface area contributed by atoms with E-state index in [4.69, 9.17) is 11.6 Å². The van der Waals surface area contributed by atoms with Crippen molar-refractivity contribution in [1.82, 2.24) is 14.8 Å². The summed E-state index contributed by atoms with van der Waals surface area (Å²) in [5.41, 5.74) is 2.29. The lowest BCUT2D eigenvalue weighted by atomic mass is 10.1. The van der Waals surface area contributed by atoms with Crippen molar-refractivity contribution >= 4 is 34.7 Å². The molecule has 1 aromatic carbocycles. The van der Waals surface area contributed by atoms with Gasteiger partial charge in [-0.15, -0.1) is 21.5 Å². The molecule has 0 aliphatic carbocycles. The molecule has 0 amide bonds. The van der Waals surface area contributed by atoms with Crippen LogP contribution in [-0.4, -0.2) is 14.8 Å².